The molecule has 0 unspecified atom stereocenters. The Morgan fingerprint density at radius 1 is 0.583 bits per heavy atom. The first kappa shape index (κ1) is 13.8. The average molecular weight is 308 g/mol. The predicted octanol–water partition coefficient (Wildman–Crippen LogP) is 7.08. The second-order valence-electron chi connectivity index (χ2n) is 6.81. The van der Waals surface area contributed by atoms with E-state index in [2.05, 4.69) is 73.7 Å². The molecule has 5 rings (SSSR count). The molecule has 5 aromatic carbocycles. The summed E-state index contributed by atoms with van der Waals surface area (Å²) in [6.45, 7) is 2.27. The van der Waals surface area contributed by atoms with Gasteiger partial charge in [0.2, 0.25) is 0 Å². The van der Waals surface area contributed by atoms with Crippen molar-refractivity contribution < 1.29 is 0 Å². The summed E-state index contributed by atoms with van der Waals surface area (Å²) in [6, 6.07) is 24.9. The molecule has 0 heteroatoms. The molecule has 0 aliphatic rings. The quantitative estimate of drug-likeness (QED) is 0.247. The molecule has 5 aromatic rings. The zero-order chi connectivity index (χ0) is 16.1. The lowest BCUT2D eigenvalue weighted by Gasteiger charge is -2.16. The van der Waals surface area contributed by atoms with Gasteiger partial charge in [-0.25, -0.2) is 0 Å². The van der Waals surface area contributed by atoms with E-state index in [0.29, 0.717) is 0 Å². The molecule has 0 N–H and O–H groups in total. The first-order valence-corrected chi connectivity index (χ1v) is 8.95. The first-order chi connectivity index (χ1) is 11.9. The highest BCUT2D eigenvalue weighted by atomic mass is 14.2. The first-order valence-electron chi connectivity index (χ1n) is 8.95. The Labute approximate surface area is 142 Å². The van der Waals surface area contributed by atoms with Crippen LogP contribution in [-0.2, 0) is 6.42 Å². The summed E-state index contributed by atoms with van der Waals surface area (Å²) in [6.07, 6.45) is 3.67. The Morgan fingerprint density at radius 3 is 1.88 bits per heavy atom. The van der Waals surface area contributed by atoms with Gasteiger partial charge in [0.25, 0.3) is 0 Å². The molecule has 0 radical (unpaired) electrons. The fourth-order valence-corrected chi connectivity index (χ4v) is 4.29. The average Bonchev–Trinajstić information content (AvgIpc) is 2.64. The highest BCUT2D eigenvalue weighted by Gasteiger charge is 2.13. The Balaban J connectivity index is 2.03. The van der Waals surface area contributed by atoms with Crippen molar-refractivity contribution in [3.63, 3.8) is 0 Å². The second kappa shape index (κ2) is 5.21. The molecular weight excluding hydrogens is 288 g/mol. The largest absolute Gasteiger partial charge is 0.0654 e. The molecule has 0 spiro atoms. The van der Waals surface area contributed by atoms with Crippen molar-refractivity contribution in [3.8, 4) is 0 Å². The van der Waals surface area contributed by atoms with Gasteiger partial charge in [-0.05, 0) is 61.5 Å². The van der Waals surface area contributed by atoms with E-state index in [4.69, 9.17) is 0 Å². The maximum absolute atomic E-state index is 2.35. The van der Waals surface area contributed by atoms with Gasteiger partial charge in [-0.1, -0.05) is 80.1 Å². The van der Waals surface area contributed by atoms with Gasteiger partial charge < -0.3 is 0 Å². The van der Waals surface area contributed by atoms with E-state index >= 15 is 0 Å². The lowest BCUT2D eigenvalue weighted by molar-refractivity contribution is 0.799. The molecule has 0 nitrogen and oxygen atoms in total. The van der Waals surface area contributed by atoms with Crippen molar-refractivity contribution in [1.82, 2.24) is 0 Å². The molecule has 0 atom stereocenters. The zero-order valence-corrected chi connectivity index (χ0v) is 14.0. The van der Waals surface area contributed by atoms with Crippen LogP contribution in [0.3, 0.4) is 0 Å². The summed E-state index contributed by atoms with van der Waals surface area (Å²) < 4.78 is 0. The number of aryl methyl sites for hydroxylation is 1. The topological polar surface area (TPSA) is 0 Å². The summed E-state index contributed by atoms with van der Waals surface area (Å²) in [5.41, 5.74) is 1.49. The number of hydrogen-bond acceptors (Lipinski definition) is 0. The Bertz CT molecular complexity index is 1130. The number of fused-ring (bicyclic) bond motifs is 2. The van der Waals surface area contributed by atoms with Crippen LogP contribution in [0.25, 0.3) is 43.1 Å². The summed E-state index contributed by atoms with van der Waals surface area (Å²) in [7, 11) is 0. The molecule has 0 aromatic heterocycles. The number of hydrogen-bond donors (Lipinski definition) is 0. The van der Waals surface area contributed by atoms with Crippen molar-refractivity contribution in [2.24, 2.45) is 0 Å². The predicted molar refractivity (Wildman–Crippen MR) is 106 cm³/mol. The molecule has 0 saturated carbocycles. The van der Waals surface area contributed by atoms with Gasteiger partial charge in [-0.15, -0.1) is 0 Å². The molecule has 116 valence electrons. The van der Waals surface area contributed by atoms with Crippen LogP contribution < -0.4 is 0 Å². The van der Waals surface area contributed by atoms with Crippen molar-refractivity contribution in [2.75, 3.05) is 0 Å². The Kier molecular flexibility index (Phi) is 2.99. The van der Waals surface area contributed by atoms with E-state index in [1.807, 2.05) is 0 Å². The van der Waals surface area contributed by atoms with E-state index in [1.165, 1.54) is 67.9 Å². The third kappa shape index (κ3) is 1.80. The van der Waals surface area contributed by atoms with Gasteiger partial charge in [-0.2, -0.15) is 0 Å². The Morgan fingerprint density at radius 2 is 1.17 bits per heavy atom. The SMILES string of the molecule is CCCCc1ccc2c3cccc4cccc(c5cccc1c52)c43. The minimum atomic E-state index is 1.17. The number of rotatable bonds is 3. The van der Waals surface area contributed by atoms with E-state index < -0.39 is 0 Å². The van der Waals surface area contributed by atoms with Crippen LogP contribution in [0.1, 0.15) is 25.3 Å². The maximum Gasteiger partial charge on any atom is -0.00236 e. The van der Waals surface area contributed by atoms with Crippen molar-refractivity contribution in [2.45, 2.75) is 26.2 Å². The molecule has 24 heavy (non-hydrogen) atoms. The summed E-state index contributed by atoms with van der Waals surface area (Å²) in [5, 5.41) is 11.2. The van der Waals surface area contributed by atoms with Gasteiger partial charge in [0.05, 0.1) is 0 Å². The van der Waals surface area contributed by atoms with E-state index in [0.717, 1.165) is 0 Å². The fourth-order valence-electron chi connectivity index (χ4n) is 4.29. The van der Waals surface area contributed by atoms with Gasteiger partial charge in [0.15, 0.2) is 0 Å². The standard InChI is InChI=1S/C24H20/c1-2-3-7-16-14-15-22-20-12-5-9-17-8-4-11-19(23(17)20)21-13-6-10-18(16)24(21)22/h4-6,8-15H,2-3,7H2,1H3. The monoisotopic (exact) mass is 308 g/mol. The van der Waals surface area contributed by atoms with Crippen LogP contribution in [0.5, 0.6) is 0 Å². The molecule has 0 aliphatic carbocycles. The maximum atomic E-state index is 2.35. The second-order valence-corrected chi connectivity index (χ2v) is 6.81. The van der Waals surface area contributed by atoms with E-state index in [1.54, 1.807) is 0 Å². The van der Waals surface area contributed by atoms with Gasteiger partial charge in [0.1, 0.15) is 0 Å². The van der Waals surface area contributed by atoms with Gasteiger partial charge >= 0.3 is 0 Å². The number of benzene rings is 5. The summed E-state index contributed by atoms with van der Waals surface area (Å²) in [4.78, 5) is 0. The van der Waals surface area contributed by atoms with Gasteiger partial charge in [0, 0.05) is 0 Å². The highest BCUT2D eigenvalue weighted by molar-refractivity contribution is 6.33. The normalized spacial score (nSPS) is 12.0. The molecular formula is C24H20. The lowest BCUT2D eigenvalue weighted by atomic mass is 9.88. The number of unbranched alkanes of at least 4 members (excludes halogenated alkanes) is 1. The summed E-state index contributed by atoms with van der Waals surface area (Å²) in [5.74, 6) is 0. The van der Waals surface area contributed by atoms with Crippen LogP contribution >= 0.6 is 0 Å². The zero-order valence-electron chi connectivity index (χ0n) is 14.0. The third-order valence-electron chi connectivity index (χ3n) is 5.42. The fraction of sp³-hybridized carbons (Fsp3) is 0.167. The minimum absolute atomic E-state index is 1.17. The van der Waals surface area contributed by atoms with Crippen LogP contribution in [0.15, 0.2) is 66.7 Å². The highest BCUT2D eigenvalue weighted by Crippen LogP contribution is 2.40. The van der Waals surface area contributed by atoms with E-state index in [-0.39, 0.29) is 0 Å². The van der Waals surface area contributed by atoms with Crippen LogP contribution in [0.2, 0.25) is 0 Å². The van der Waals surface area contributed by atoms with Crippen molar-refractivity contribution in [3.05, 3.63) is 72.3 Å². The van der Waals surface area contributed by atoms with Crippen LogP contribution in [0, 0.1) is 0 Å². The third-order valence-corrected chi connectivity index (χ3v) is 5.42. The smallest absolute Gasteiger partial charge is 0.00236 e. The molecule has 0 bridgehead atoms. The summed E-state index contributed by atoms with van der Waals surface area (Å²) >= 11 is 0. The van der Waals surface area contributed by atoms with Gasteiger partial charge in [-0.3, -0.25) is 0 Å². The van der Waals surface area contributed by atoms with Crippen molar-refractivity contribution >= 4 is 43.1 Å². The van der Waals surface area contributed by atoms with Crippen LogP contribution in [0.4, 0.5) is 0 Å². The van der Waals surface area contributed by atoms with E-state index in [9.17, 15) is 0 Å². The van der Waals surface area contributed by atoms with Crippen LogP contribution in [-0.4, -0.2) is 0 Å². The minimum Gasteiger partial charge on any atom is -0.0654 e. The molecule has 0 aliphatic heterocycles. The lowest BCUT2D eigenvalue weighted by Crippen LogP contribution is -1.91. The Hall–Kier alpha value is -2.60. The van der Waals surface area contributed by atoms with Crippen molar-refractivity contribution in [1.29, 1.82) is 0 Å². The molecule has 0 saturated heterocycles. The molecule has 0 amide bonds. The molecule has 0 heterocycles. The molecule has 0 fully saturated rings.